The maximum Gasteiger partial charge on any atom is 0.346 e. The molecule has 3 N–H and O–H groups in total. The summed E-state index contributed by atoms with van der Waals surface area (Å²) in [6, 6.07) is 23.0. The Balaban J connectivity index is 1.61. The van der Waals surface area contributed by atoms with Crippen LogP contribution >= 0.6 is 0 Å². The average Bonchev–Trinajstić information content (AvgIpc) is 3.25. The molecule has 0 spiro atoms. The maximum absolute atomic E-state index is 14.8. The van der Waals surface area contributed by atoms with Crippen LogP contribution in [0.3, 0.4) is 0 Å². The fraction of sp³-hybridized carbons (Fsp3) is 0.0714. The molecular weight excluding hydrogens is 471 g/mol. The summed E-state index contributed by atoms with van der Waals surface area (Å²) in [5, 5.41) is 15.3. The van der Waals surface area contributed by atoms with Crippen LogP contribution in [-0.2, 0) is 6.54 Å². The van der Waals surface area contributed by atoms with Gasteiger partial charge in [0.1, 0.15) is 17.3 Å². The highest BCUT2D eigenvalue weighted by Crippen LogP contribution is 2.33. The number of rotatable bonds is 4. The number of aryl methyl sites for hydroxylation is 1. The van der Waals surface area contributed by atoms with Crippen molar-refractivity contribution in [2.75, 3.05) is 0 Å². The van der Waals surface area contributed by atoms with Gasteiger partial charge >= 0.3 is 11.8 Å². The molecule has 1 aliphatic heterocycles. The van der Waals surface area contributed by atoms with Crippen molar-refractivity contribution in [1.82, 2.24) is 19.0 Å². The summed E-state index contributed by atoms with van der Waals surface area (Å²) in [5.41, 5.74) is 9.40. The smallest absolute Gasteiger partial charge is 0.346 e. The third-order valence-corrected chi connectivity index (χ3v) is 6.37. The molecule has 0 amide bonds. The summed E-state index contributed by atoms with van der Waals surface area (Å²) in [6.45, 7) is 2.01. The van der Waals surface area contributed by atoms with E-state index < -0.39 is 11.4 Å². The van der Waals surface area contributed by atoms with E-state index >= 15 is 0 Å². The molecule has 0 unspecified atom stereocenters. The van der Waals surface area contributed by atoms with E-state index in [1.165, 1.54) is 10.6 Å². The lowest BCUT2D eigenvalue weighted by atomic mass is 10.1. The van der Waals surface area contributed by atoms with Crippen molar-refractivity contribution in [2.24, 2.45) is 10.7 Å². The van der Waals surface area contributed by atoms with Crippen LogP contribution in [0.25, 0.3) is 27.7 Å². The van der Waals surface area contributed by atoms with Gasteiger partial charge in [0.05, 0.1) is 17.6 Å². The molecule has 37 heavy (non-hydrogen) atoms. The predicted molar refractivity (Wildman–Crippen MR) is 140 cm³/mol. The van der Waals surface area contributed by atoms with Crippen LogP contribution in [0.1, 0.15) is 16.8 Å². The average molecular weight is 492 g/mol. The number of hydrogen-bond acceptors (Lipinski definition) is 5. The van der Waals surface area contributed by atoms with Crippen LogP contribution in [0.2, 0.25) is 0 Å². The lowest BCUT2D eigenvalue weighted by Gasteiger charge is -2.17. The van der Waals surface area contributed by atoms with Gasteiger partial charge in [-0.2, -0.15) is 9.77 Å². The summed E-state index contributed by atoms with van der Waals surface area (Å²) in [6.07, 6.45) is 0. The lowest BCUT2D eigenvalue weighted by molar-refractivity contribution is 0.475. The molecule has 1 aliphatic rings. The zero-order valence-corrected chi connectivity index (χ0v) is 19.7. The second-order valence-corrected chi connectivity index (χ2v) is 8.73. The van der Waals surface area contributed by atoms with Gasteiger partial charge in [-0.15, -0.1) is 0 Å². The van der Waals surface area contributed by atoms with Gasteiger partial charge in [0.2, 0.25) is 0 Å². The molecule has 0 atom stereocenters. The van der Waals surface area contributed by atoms with Crippen LogP contribution in [0.4, 0.5) is 10.2 Å². The number of nitrogens with zero attached hydrogens (tertiary/aromatic N) is 5. The van der Waals surface area contributed by atoms with Crippen LogP contribution < -0.4 is 16.0 Å². The summed E-state index contributed by atoms with van der Waals surface area (Å²) in [7, 11) is 0. The van der Waals surface area contributed by atoms with Crippen LogP contribution in [-0.4, -0.2) is 31.3 Å². The number of fused-ring (bicyclic) bond motifs is 2. The van der Waals surface area contributed by atoms with E-state index in [2.05, 4.69) is 15.7 Å². The lowest BCUT2D eigenvalue weighted by Crippen LogP contribution is -2.25. The Kier molecular flexibility index (Phi) is 5.09. The molecule has 6 rings (SSSR count). The van der Waals surface area contributed by atoms with Gasteiger partial charge in [-0.3, -0.25) is 9.36 Å². The van der Waals surface area contributed by atoms with Gasteiger partial charge in [0, 0.05) is 11.3 Å². The van der Waals surface area contributed by atoms with Gasteiger partial charge in [-0.1, -0.05) is 42.5 Å². The topological polar surface area (TPSA) is 113 Å². The molecule has 3 aromatic carbocycles. The minimum Gasteiger partial charge on any atom is -0.508 e. The number of aromatic nitrogens is 3. The van der Waals surface area contributed by atoms with Gasteiger partial charge in [0.15, 0.2) is 5.56 Å². The first-order valence-corrected chi connectivity index (χ1v) is 11.5. The molecule has 180 valence electrons. The van der Waals surface area contributed by atoms with E-state index in [1.807, 2.05) is 31.2 Å². The molecule has 0 radical (unpaired) electrons. The fourth-order valence-electron chi connectivity index (χ4n) is 4.67. The molecule has 0 bridgehead atoms. The predicted octanol–water partition coefficient (Wildman–Crippen LogP) is 3.65. The Morgan fingerprint density at radius 3 is 2.70 bits per heavy atom. The Labute approximate surface area is 209 Å². The van der Waals surface area contributed by atoms with E-state index in [1.54, 1.807) is 47.1 Å². The maximum atomic E-state index is 14.8. The molecular formula is C28H20FN6O2+. The van der Waals surface area contributed by atoms with Crippen molar-refractivity contribution in [1.29, 1.82) is 0 Å². The third-order valence-electron chi connectivity index (χ3n) is 6.37. The fourth-order valence-corrected chi connectivity index (χ4v) is 4.67. The molecule has 5 aromatic rings. The SMILES string of the molecule is Cc1ccccc1-n1c(Cn2nc(-c3cccc(O)c3)c3c2N=C=[N+]=C3N)cc2cccc(F)c2c1=O. The van der Waals surface area contributed by atoms with E-state index in [0.717, 1.165) is 5.56 Å². The van der Waals surface area contributed by atoms with Crippen LogP contribution in [0, 0.1) is 12.7 Å². The number of aliphatic imine (C=N–C) groups is 1. The van der Waals surface area contributed by atoms with Crippen LogP contribution in [0.5, 0.6) is 5.75 Å². The second kappa shape index (κ2) is 8.46. The molecule has 8 nitrogen and oxygen atoms in total. The van der Waals surface area contributed by atoms with Crippen molar-refractivity contribution < 1.29 is 9.50 Å². The van der Waals surface area contributed by atoms with Gasteiger partial charge in [-0.05, 0) is 53.2 Å². The second-order valence-electron chi connectivity index (χ2n) is 8.73. The van der Waals surface area contributed by atoms with Crippen molar-refractivity contribution in [3.63, 3.8) is 0 Å². The number of para-hydroxylation sites is 1. The number of halogens is 1. The molecule has 0 aliphatic carbocycles. The zero-order chi connectivity index (χ0) is 25.7. The first-order chi connectivity index (χ1) is 17.9. The molecule has 0 saturated heterocycles. The van der Waals surface area contributed by atoms with Gasteiger partial charge in [-0.25, -0.2) is 9.07 Å². The Morgan fingerprint density at radius 1 is 1.08 bits per heavy atom. The summed E-state index contributed by atoms with van der Waals surface area (Å²) < 4.78 is 21.9. The molecule has 2 aromatic heterocycles. The van der Waals surface area contributed by atoms with Gasteiger partial charge < -0.3 is 10.8 Å². The van der Waals surface area contributed by atoms with Crippen molar-refractivity contribution >= 4 is 28.4 Å². The van der Waals surface area contributed by atoms with E-state index in [9.17, 15) is 14.3 Å². The minimum atomic E-state index is -0.581. The first-order valence-electron chi connectivity index (χ1n) is 11.5. The molecule has 0 fully saturated rings. The highest BCUT2D eigenvalue weighted by Gasteiger charge is 2.30. The van der Waals surface area contributed by atoms with Gasteiger partial charge in [0.25, 0.3) is 11.4 Å². The van der Waals surface area contributed by atoms with E-state index in [4.69, 9.17) is 10.8 Å². The Bertz CT molecular complexity index is 1910. The Hall–Kier alpha value is -5.23. The summed E-state index contributed by atoms with van der Waals surface area (Å²) in [4.78, 5) is 18.0. The van der Waals surface area contributed by atoms with Crippen molar-refractivity contribution in [3.05, 3.63) is 106 Å². The van der Waals surface area contributed by atoms with E-state index in [-0.39, 0.29) is 23.5 Å². The monoisotopic (exact) mass is 491 g/mol. The van der Waals surface area contributed by atoms with E-state index in [0.29, 0.717) is 39.4 Å². The highest BCUT2D eigenvalue weighted by atomic mass is 19.1. The number of phenolic OH excluding ortho intramolecular Hbond substituents is 1. The van der Waals surface area contributed by atoms with Crippen molar-refractivity contribution in [3.8, 4) is 22.7 Å². The number of nitrogens with two attached hydrogens (primary N) is 1. The first kappa shape index (κ1) is 22.2. The normalized spacial score (nSPS) is 12.1. The summed E-state index contributed by atoms with van der Waals surface area (Å²) in [5.74, 6) is 0.0924. The minimum absolute atomic E-state index is 0.0141. The molecule has 9 heteroatoms. The number of pyridine rings is 1. The quantitative estimate of drug-likeness (QED) is 0.374. The number of aromatic hydroxyl groups is 1. The number of phenols is 1. The number of benzene rings is 3. The molecule has 3 heterocycles. The Morgan fingerprint density at radius 2 is 1.89 bits per heavy atom. The summed E-state index contributed by atoms with van der Waals surface area (Å²) >= 11 is 0. The molecule has 0 saturated carbocycles. The number of amidine groups is 1. The standard InChI is InChI=1S/C28H19FN6O2/c1-16-6-2-3-11-22(16)35-19(12-17-7-5-10-21(29)23(17)28(35)37)14-34-27-24(26(30)31-15-32-27)25(33-34)18-8-4-9-20(36)13-18/h2-13,30,36H,14H2,1H3/p+1. The third kappa shape index (κ3) is 3.63. The van der Waals surface area contributed by atoms with Crippen LogP contribution in [0.15, 0.2) is 82.6 Å². The zero-order valence-electron chi connectivity index (χ0n) is 19.7. The highest BCUT2D eigenvalue weighted by molar-refractivity contribution is 6.07. The van der Waals surface area contributed by atoms with Crippen molar-refractivity contribution in [2.45, 2.75) is 13.5 Å². The largest absolute Gasteiger partial charge is 0.508 e. The number of hydrogen-bond donors (Lipinski definition) is 2.